The van der Waals surface area contributed by atoms with Gasteiger partial charge in [-0.2, -0.15) is 4.98 Å². The van der Waals surface area contributed by atoms with Crippen molar-refractivity contribution in [1.82, 2.24) is 15.1 Å². The van der Waals surface area contributed by atoms with E-state index < -0.39 is 0 Å². The summed E-state index contributed by atoms with van der Waals surface area (Å²) < 4.78 is 5.12. The predicted octanol–water partition coefficient (Wildman–Crippen LogP) is 2.52. The van der Waals surface area contributed by atoms with Crippen molar-refractivity contribution in [3.8, 4) is 34.3 Å². The second-order valence-corrected chi connectivity index (χ2v) is 4.28. The molecule has 0 spiro atoms. The minimum Gasteiger partial charge on any atom is -0.507 e. The topological polar surface area (TPSA) is 92.3 Å². The van der Waals surface area contributed by atoms with Gasteiger partial charge in [-0.3, -0.25) is 4.98 Å². The van der Waals surface area contributed by atoms with Crippen molar-refractivity contribution in [3.05, 3.63) is 42.2 Å². The van der Waals surface area contributed by atoms with Crippen LogP contribution < -0.4 is 0 Å². The summed E-state index contributed by atoms with van der Waals surface area (Å²) in [6, 6.07) is 6.18. The molecule has 0 radical (unpaired) electrons. The van der Waals surface area contributed by atoms with Crippen LogP contribution in [0.3, 0.4) is 0 Å². The standard InChI is InChI=1S/C14H11N3O3/c1-8-7-15-6-5-9(8)13-16-14(20-17-13)12-10(18)3-2-4-11(12)19/h2-7,18-19H,1H3. The lowest BCUT2D eigenvalue weighted by Crippen LogP contribution is -1.87. The second kappa shape index (κ2) is 4.65. The summed E-state index contributed by atoms with van der Waals surface area (Å²) in [6.07, 6.45) is 3.33. The molecule has 2 heterocycles. The minimum atomic E-state index is -0.119. The summed E-state index contributed by atoms with van der Waals surface area (Å²) in [4.78, 5) is 8.21. The van der Waals surface area contributed by atoms with Crippen molar-refractivity contribution in [1.29, 1.82) is 0 Å². The lowest BCUT2D eigenvalue weighted by molar-refractivity contribution is 0.416. The number of phenols is 2. The number of benzene rings is 1. The average molecular weight is 269 g/mol. The molecule has 0 saturated heterocycles. The van der Waals surface area contributed by atoms with E-state index in [1.165, 1.54) is 18.2 Å². The Morgan fingerprint density at radius 3 is 2.55 bits per heavy atom. The zero-order valence-corrected chi connectivity index (χ0v) is 10.6. The number of aromatic hydroxyl groups is 2. The van der Waals surface area contributed by atoms with Crippen LogP contribution in [0.25, 0.3) is 22.8 Å². The maximum absolute atomic E-state index is 9.78. The van der Waals surface area contributed by atoms with Gasteiger partial charge in [0.1, 0.15) is 17.1 Å². The van der Waals surface area contributed by atoms with E-state index >= 15 is 0 Å². The molecule has 2 aromatic heterocycles. The van der Waals surface area contributed by atoms with Crippen LogP contribution in [0.5, 0.6) is 11.5 Å². The molecule has 0 aliphatic heterocycles. The zero-order valence-electron chi connectivity index (χ0n) is 10.6. The van der Waals surface area contributed by atoms with Crippen molar-refractivity contribution in [3.63, 3.8) is 0 Å². The smallest absolute Gasteiger partial charge is 0.265 e. The fraction of sp³-hybridized carbons (Fsp3) is 0.0714. The summed E-state index contributed by atoms with van der Waals surface area (Å²) in [6.45, 7) is 1.88. The van der Waals surface area contributed by atoms with Gasteiger partial charge in [0.15, 0.2) is 0 Å². The van der Waals surface area contributed by atoms with Gasteiger partial charge in [0.25, 0.3) is 5.89 Å². The first-order chi connectivity index (χ1) is 9.66. The van der Waals surface area contributed by atoms with Gasteiger partial charge in [0.2, 0.25) is 5.82 Å². The Kier molecular flexibility index (Phi) is 2.83. The molecule has 0 fully saturated rings. The molecule has 2 N–H and O–H groups in total. The highest BCUT2D eigenvalue weighted by Gasteiger charge is 2.18. The molecule has 0 unspecified atom stereocenters. The SMILES string of the molecule is Cc1cnccc1-c1noc(-c2c(O)cccc2O)n1. The predicted molar refractivity (Wildman–Crippen MR) is 71.0 cm³/mol. The molecule has 0 amide bonds. The Morgan fingerprint density at radius 1 is 1.10 bits per heavy atom. The number of hydrogen-bond acceptors (Lipinski definition) is 6. The van der Waals surface area contributed by atoms with Crippen molar-refractivity contribution in [2.45, 2.75) is 6.92 Å². The lowest BCUT2D eigenvalue weighted by Gasteiger charge is -2.01. The van der Waals surface area contributed by atoms with Crippen LogP contribution in [-0.4, -0.2) is 25.3 Å². The first-order valence-corrected chi connectivity index (χ1v) is 5.93. The van der Waals surface area contributed by atoms with E-state index in [1.807, 2.05) is 6.92 Å². The molecule has 3 rings (SSSR count). The van der Waals surface area contributed by atoms with Gasteiger partial charge >= 0.3 is 0 Å². The molecular formula is C14H11N3O3. The van der Waals surface area contributed by atoms with Crippen LogP contribution in [0.1, 0.15) is 5.56 Å². The molecule has 0 bridgehead atoms. The van der Waals surface area contributed by atoms with E-state index in [0.717, 1.165) is 11.1 Å². The van der Waals surface area contributed by atoms with E-state index in [0.29, 0.717) is 5.82 Å². The van der Waals surface area contributed by atoms with Gasteiger partial charge in [0, 0.05) is 18.0 Å². The maximum atomic E-state index is 9.78. The molecule has 6 heteroatoms. The third-order valence-corrected chi connectivity index (χ3v) is 2.92. The molecule has 0 atom stereocenters. The number of rotatable bonds is 2. The first-order valence-electron chi connectivity index (χ1n) is 5.93. The Hall–Kier alpha value is -2.89. The van der Waals surface area contributed by atoms with Crippen LogP contribution in [0.4, 0.5) is 0 Å². The Bertz CT molecular complexity index is 748. The van der Waals surface area contributed by atoms with Gasteiger partial charge in [-0.25, -0.2) is 0 Å². The third kappa shape index (κ3) is 1.97. The van der Waals surface area contributed by atoms with Crippen LogP contribution in [0, 0.1) is 6.92 Å². The molecule has 0 aliphatic rings. The van der Waals surface area contributed by atoms with E-state index in [-0.39, 0.29) is 23.0 Å². The number of phenolic OH excluding ortho intramolecular Hbond substituents is 2. The first kappa shape index (κ1) is 12.2. The van der Waals surface area contributed by atoms with Crippen molar-refractivity contribution in [2.24, 2.45) is 0 Å². The number of aromatic nitrogens is 3. The molecule has 20 heavy (non-hydrogen) atoms. The van der Waals surface area contributed by atoms with E-state index in [9.17, 15) is 10.2 Å². The van der Waals surface area contributed by atoms with Crippen LogP contribution in [-0.2, 0) is 0 Å². The number of hydrogen-bond donors (Lipinski definition) is 2. The summed E-state index contributed by atoms with van der Waals surface area (Å²) in [7, 11) is 0. The fourth-order valence-corrected chi connectivity index (χ4v) is 1.91. The molecule has 0 saturated carbocycles. The van der Waals surface area contributed by atoms with E-state index in [2.05, 4.69) is 15.1 Å². The highest BCUT2D eigenvalue weighted by atomic mass is 16.5. The van der Waals surface area contributed by atoms with E-state index in [4.69, 9.17) is 4.52 Å². The van der Waals surface area contributed by atoms with Crippen LogP contribution >= 0.6 is 0 Å². The van der Waals surface area contributed by atoms with Crippen LogP contribution in [0.2, 0.25) is 0 Å². The molecule has 3 aromatic rings. The molecule has 100 valence electrons. The monoisotopic (exact) mass is 269 g/mol. The molecular weight excluding hydrogens is 258 g/mol. The van der Waals surface area contributed by atoms with Gasteiger partial charge in [-0.15, -0.1) is 0 Å². The molecule has 1 aromatic carbocycles. The zero-order chi connectivity index (χ0) is 14.1. The third-order valence-electron chi connectivity index (χ3n) is 2.92. The van der Waals surface area contributed by atoms with Crippen molar-refractivity contribution >= 4 is 0 Å². The summed E-state index contributed by atoms with van der Waals surface area (Å²) in [5, 5.41) is 23.4. The Balaban J connectivity index is 2.10. The second-order valence-electron chi connectivity index (χ2n) is 4.28. The summed E-state index contributed by atoms with van der Waals surface area (Å²) in [5.41, 5.74) is 1.81. The molecule has 0 aliphatic carbocycles. The van der Waals surface area contributed by atoms with Crippen LogP contribution in [0.15, 0.2) is 41.2 Å². The minimum absolute atomic E-state index is 0.0619. The van der Waals surface area contributed by atoms with Crippen molar-refractivity contribution in [2.75, 3.05) is 0 Å². The lowest BCUT2D eigenvalue weighted by atomic mass is 10.1. The largest absolute Gasteiger partial charge is 0.507 e. The average Bonchev–Trinajstić information content (AvgIpc) is 2.88. The fourth-order valence-electron chi connectivity index (χ4n) is 1.91. The number of pyridine rings is 1. The number of aryl methyl sites for hydroxylation is 1. The highest BCUT2D eigenvalue weighted by Crippen LogP contribution is 2.36. The summed E-state index contributed by atoms with van der Waals surface area (Å²) in [5.74, 6) is 0.202. The van der Waals surface area contributed by atoms with E-state index in [1.54, 1.807) is 18.5 Å². The normalized spacial score (nSPS) is 10.7. The Labute approximate surface area is 114 Å². The van der Waals surface area contributed by atoms with Gasteiger partial charge < -0.3 is 14.7 Å². The van der Waals surface area contributed by atoms with Gasteiger partial charge in [0.05, 0.1) is 0 Å². The van der Waals surface area contributed by atoms with Gasteiger partial charge in [-0.05, 0) is 30.7 Å². The highest BCUT2D eigenvalue weighted by molar-refractivity contribution is 5.71. The van der Waals surface area contributed by atoms with Crippen molar-refractivity contribution < 1.29 is 14.7 Å². The maximum Gasteiger partial charge on any atom is 0.265 e. The molecule has 6 nitrogen and oxygen atoms in total. The Morgan fingerprint density at radius 2 is 1.85 bits per heavy atom. The van der Waals surface area contributed by atoms with Gasteiger partial charge in [-0.1, -0.05) is 11.2 Å². The number of nitrogens with zero attached hydrogens (tertiary/aromatic N) is 3. The quantitative estimate of drug-likeness (QED) is 0.742. The summed E-state index contributed by atoms with van der Waals surface area (Å²) >= 11 is 0.